The Morgan fingerprint density at radius 3 is 2.39 bits per heavy atom. The Bertz CT molecular complexity index is 936. The van der Waals surface area contributed by atoms with Crippen molar-refractivity contribution in [2.75, 3.05) is 23.8 Å². The van der Waals surface area contributed by atoms with Gasteiger partial charge in [0.15, 0.2) is 11.5 Å². The van der Waals surface area contributed by atoms with Crippen molar-refractivity contribution in [1.29, 1.82) is 0 Å². The third-order valence-electron chi connectivity index (χ3n) is 4.41. The normalized spacial score (nSPS) is 15.3. The number of fused-ring (bicyclic) bond motifs is 1. The number of nitrogens with one attached hydrogen (secondary N) is 2. The fourth-order valence-electron chi connectivity index (χ4n) is 2.81. The molecule has 0 unspecified atom stereocenters. The number of amides is 2. The molecule has 2 N–H and O–H groups in total. The summed E-state index contributed by atoms with van der Waals surface area (Å²) in [6.07, 6.45) is 5.00. The number of anilines is 2. The van der Waals surface area contributed by atoms with Gasteiger partial charge in [0.1, 0.15) is 13.2 Å². The van der Waals surface area contributed by atoms with Gasteiger partial charge >= 0.3 is 0 Å². The minimum Gasteiger partial charge on any atom is -0.486 e. The van der Waals surface area contributed by atoms with Crippen LogP contribution in [-0.2, 0) is 9.59 Å². The van der Waals surface area contributed by atoms with Gasteiger partial charge in [0.05, 0.1) is 5.02 Å². The van der Waals surface area contributed by atoms with Crippen LogP contribution in [0.4, 0.5) is 11.4 Å². The molecule has 0 bridgehead atoms. The van der Waals surface area contributed by atoms with Gasteiger partial charge in [0.25, 0.3) is 0 Å². The maximum absolute atomic E-state index is 12.2. The van der Waals surface area contributed by atoms with Crippen LogP contribution in [-0.4, -0.2) is 25.0 Å². The van der Waals surface area contributed by atoms with Gasteiger partial charge in [-0.05, 0) is 60.9 Å². The van der Waals surface area contributed by atoms with Gasteiger partial charge in [0.2, 0.25) is 11.8 Å². The second-order valence-electron chi connectivity index (χ2n) is 6.69. The molecule has 1 aliphatic heterocycles. The Balaban J connectivity index is 1.36. The number of rotatable bonds is 5. The molecular weight excluding hydrogens is 380 g/mol. The molecule has 0 spiro atoms. The highest BCUT2D eigenvalue weighted by molar-refractivity contribution is 6.32. The molecule has 144 valence electrons. The van der Waals surface area contributed by atoms with E-state index >= 15 is 0 Å². The first-order valence-electron chi connectivity index (χ1n) is 9.07. The van der Waals surface area contributed by atoms with E-state index in [0.717, 1.165) is 24.1 Å². The minimum atomic E-state index is -0.277. The van der Waals surface area contributed by atoms with Crippen molar-refractivity contribution < 1.29 is 19.1 Å². The minimum absolute atomic E-state index is 0.0535. The Labute approximate surface area is 167 Å². The van der Waals surface area contributed by atoms with Crippen molar-refractivity contribution in [3.63, 3.8) is 0 Å². The van der Waals surface area contributed by atoms with E-state index in [0.29, 0.717) is 35.4 Å². The molecule has 2 amide bonds. The number of halogens is 1. The molecule has 2 aliphatic rings. The second kappa shape index (κ2) is 7.94. The molecule has 1 heterocycles. The van der Waals surface area contributed by atoms with Crippen LogP contribution in [0.1, 0.15) is 18.4 Å². The summed E-state index contributed by atoms with van der Waals surface area (Å²) in [5, 5.41) is 6.08. The van der Waals surface area contributed by atoms with Gasteiger partial charge in [-0.3, -0.25) is 9.59 Å². The highest BCUT2D eigenvalue weighted by atomic mass is 35.5. The first-order chi connectivity index (χ1) is 13.6. The maximum atomic E-state index is 12.2. The molecule has 2 aromatic carbocycles. The molecule has 2 aromatic rings. The lowest BCUT2D eigenvalue weighted by atomic mass is 10.1. The fourth-order valence-corrected chi connectivity index (χ4v) is 3.08. The third kappa shape index (κ3) is 4.46. The van der Waals surface area contributed by atoms with Gasteiger partial charge in [-0.25, -0.2) is 0 Å². The molecule has 7 heteroatoms. The van der Waals surface area contributed by atoms with E-state index in [9.17, 15) is 9.59 Å². The molecular formula is C21H19ClN2O4. The average molecular weight is 399 g/mol. The van der Waals surface area contributed by atoms with E-state index in [1.54, 1.807) is 42.5 Å². The molecule has 4 rings (SSSR count). The van der Waals surface area contributed by atoms with Crippen LogP contribution in [0.25, 0.3) is 6.08 Å². The summed E-state index contributed by atoms with van der Waals surface area (Å²) < 4.78 is 11.0. The first kappa shape index (κ1) is 18.4. The van der Waals surface area contributed by atoms with Gasteiger partial charge in [0, 0.05) is 23.4 Å². The smallest absolute Gasteiger partial charge is 0.248 e. The Morgan fingerprint density at radius 2 is 1.68 bits per heavy atom. The molecule has 6 nitrogen and oxygen atoms in total. The van der Waals surface area contributed by atoms with E-state index in [4.69, 9.17) is 21.1 Å². The standard InChI is InChI=1S/C21H19ClN2O4/c22-17-11-13(12-18-20(17)28-10-9-27-18)1-8-19(25)23-15-4-6-16(7-5-15)24-21(26)14-2-3-14/h1,4-8,11-12,14H,2-3,9-10H2,(H,23,25)(H,24,26)/b8-1+. The molecule has 0 aromatic heterocycles. The predicted octanol–water partition coefficient (Wildman–Crippen LogP) is 4.11. The van der Waals surface area contributed by atoms with Gasteiger partial charge in [-0.15, -0.1) is 0 Å². The van der Waals surface area contributed by atoms with E-state index in [1.165, 1.54) is 6.08 Å². The Morgan fingerprint density at radius 1 is 1.00 bits per heavy atom. The van der Waals surface area contributed by atoms with Crippen LogP contribution < -0.4 is 20.1 Å². The summed E-state index contributed by atoms with van der Waals surface area (Å²) in [6, 6.07) is 10.5. The van der Waals surface area contributed by atoms with Gasteiger partial charge < -0.3 is 20.1 Å². The fraction of sp³-hybridized carbons (Fsp3) is 0.238. The molecule has 1 aliphatic carbocycles. The van der Waals surface area contributed by atoms with E-state index in [2.05, 4.69) is 10.6 Å². The van der Waals surface area contributed by atoms with E-state index in [1.807, 2.05) is 0 Å². The SMILES string of the molecule is O=C(/C=C/c1cc(Cl)c2c(c1)OCCO2)Nc1ccc(NC(=O)C2CC2)cc1. The quantitative estimate of drug-likeness (QED) is 0.743. The van der Waals surface area contributed by atoms with Crippen molar-refractivity contribution in [1.82, 2.24) is 0 Å². The zero-order valence-corrected chi connectivity index (χ0v) is 15.8. The molecule has 0 radical (unpaired) electrons. The molecule has 0 atom stereocenters. The molecule has 1 fully saturated rings. The van der Waals surface area contributed by atoms with Crippen molar-refractivity contribution in [2.24, 2.45) is 5.92 Å². The lowest BCUT2D eigenvalue weighted by Gasteiger charge is -2.19. The highest BCUT2D eigenvalue weighted by Crippen LogP contribution is 2.38. The summed E-state index contributed by atoms with van der Waals surface area (Å²) in [7, 11) is 0. The molecule has 28 heavy (non-hydrogen) atoms. The van der Waals surface area contributed by atoms with Gasteiger partial charge in [-0.1, -0.05) is 11.6 Å². The number of hydrogen-bond acceptors (Lipinski definition) is 4. The third-order valence-corrected chi connectivity index (χ3v) is 4.70. The summed E-state index contributed by atoms with van der Waals surface area (Å²) >= 11 is 6.20. The van der Waals surface area contributed by atoms with Crippen molar-refractivity contribution in [3.05, 3.63) is 53.1 Å². The predicted molar refractivity (Wildman–Crippen MR) is 108 cm³/mol. The number of benzene rings is 2. The van der Waals surface area contributed by atoms with Crippen LogP contribution in [0.3, 0.4) is 0 Å². The van der Waals surface area contributed by atoms with Gasteiger partial charge in [-0.2, -0.15) is 0 Å². The van der Waals surface area contributed by atoms with Crippen LogP contribution in [0.2, 0.25) is 5.02 Å². The van der Waals surface area contributed by atoms with Crippen molar-refractivity contribution in [3.8, 4) is 11.5 Å². The zero-order valence-electron chi connectivity index (χ0n) is 15.0. The van der Waals surface area contributed by atoms with Crippen molar-refractivity contribution >= 4 is 40.9 Å². The average Bonchev–Trinajstić information content (AvgIpc) is 3.53. The summed E-state index contributed by atoms with van der Waals surface area (Å²) in [6.45, 7) is 0.932. The number of carbonyl (C=O) groups excluding carboxylic acids is 2. The number of carbonyl (C=O) groups is 2. The lowest BCUT2D eigenvalue weighted by Crippen LogP contribution is -2.15. The Hall–Kier alpha value is -2.99. The lowest BCUT2D eigenvalue weighted by molar-refractivity contribution is -0.117. The summed E-state index contributed by atoms with van der Waals surface area (Å²) in [5.74, 6) is 1.03. The molecule has 0 saturated heterocycles. The second-order valence-corrected chi connectivity index (χ2v) is 7.10. The number of ether oxygens (including phenoxy) is 2. The van der Waals surface area contributed by atoms with E-state index < -0.39 is 0 Å². The summed E-state index contributed by atoms with van der Waals surface area (Å²) in [5.41, 5.74) is 2.10. The molecule has 1 saturated carbocycles. The van der Waals surface area contributed by atoms with Crippen LogP contribution in [0, 0.1) is 5.92 Å². The monoisotopic (exact) mass is 398 g/mol. The maximum Gasteiger partial charge on any atom is 0.248 e. The van der Waals surface area contributed by atoms with Crippen molar-refractivity contribution in [2.45, 2.75) is 12.8 Å². The zero-order chi connectivity index (χ0) is 19.5. The van der Waals surface area contributed by atoms with E-state index in [-0.39, 0.29) is 17.7 Å². The highest BCUT2D eigenvalue weighted by Gasteiger charge is 2.29. The topological polar surface area (TPSA) is 76.7 Å². The largest absolute Gasteiger partial charge is 0.486 e. The first-order valence-corrected chi connectivity index (χ1v) is 9.45. The van der Waals surface area contributed by atoms with Crippen LogP contribution >= 0.6 is 11.6 Å². The number of hydrogen-bond donors (Lipinski definition) is 2. The Kier molecular flexibility index (Phi) is 5.21. The summed E-state index contributed by atoms with van der Waals surface area (Å²) in [4.78, 5) is 23.9. The van der Waals surface area contributed by atoms with Crippen LogP contribution in [0.15, 0.2) is 42.5 Å². The van der Waals surface area contributed by atoms with Crippen LogP contribution in [0.5, 0.6) is 11.5 Å².